The fourth-order valence-corrected chi connectivity index (χ4v) is 2.16. The highest BCUT2D eigenvalue weighted by molar-refractivity contribution is 5.69. The molecule has 0 atom stereocenters. The maximum absolute atomic E-state index is 11.2. The third kappa shape index (κ3) is 3.72. The van der Waals surface area contributed by atoms with Crippen molar-refractivity contribution in [2.45, 2.75) is 25.7 Å². The second kappa shape index (κ2) is 7.39. The van der Waals surface area contributed by atoms with E-state index in [2.05, 4.69) is 15.0 Å². The van der Waals surface area contributed by atoms with Gasteiger partial charge >= 0.3 is 11.8 Å². The fraction of sp³-hybridized carbons (Fsp3) is 0.429. The van der Waals surface area contributed by atoms with Crippen LogP contribution in [0, 0.1) is 10.1 Å². The maximum atomic E-state index is 11.2. The van der Waals surface area contributed by atoms with Gasteiger partial charge in [-0.1, -0.05) is 12.5 Å². The lowest BCUT2D eigenvalue weighted by Gasteiger charge is -2.03. The lowest BCUT2D eigenvalue weighted by molar-refractivity contribution is -0.389. The molecular weight excluding hydrogens is 288 g/mol. The molecular formula is C14H18N4O4. The Morgan fingerprint density at radius 2 is 2.23 bits per heavy atom. The van der Waals surface area contributed by atoms with Gasteiger partial charge in [0.05, 0.1) is 13.3 Å². The molecule has 0 bridgehead atoms. The summed E-state index contributed by atoms with van der Waals surface area (Å²) in [4.78, 5) is 25.9. The van der Waals surface area contributed by atoms with Crippen LogP contribution < -0.4 is 5.32 Å². The van der Waals surface area contributed by atoms with Gasteiger partial charge in [-0.15, -0.1) is 0 Å². The second-order valence-corrected chi connectivity index (χ2v) is 4.78. The van der Waals surface area contributed by atoms with E-state index in [4.69, 9.17) is 0 Å². The number of hydrogen-bond acceptors (Lipinski definition) is 6. The molecule has 2 aromatic heterocycles. The van der Waals surface area contributed by atoms with Crippen LogP contribution in [0.1, 0.15) is 25.7 Å². The van der Waals surface area contributed by atoms with Crippen molar-refractivity contribution >= 4 is 23.3 Å². The third-order valence-corrected chi connectivity index (χ3v) is 3.26. The third-order valence-electron chi connectivity index (χ3n) is 3.26. The van der Waals surface area contributed by atoms with Gasteiger partial charge < -0.3 is 20.2 Å². The molecule has 2 heterocycles. The molecule has 0 aromatic carbocycles. The van der Waals surface area contributed by atoms with E-state index in [1.807, 2.05) is 0 Å². The Hall–Kier alpha value is -2.64. The Kier molecular flexibility index (Phi) is 5.29. The molecule has 0 saturated heterocycles. The summed E-state index contributed by atoms with van der Waals surface area (Å²) in [7, 11) is 1.37. The average Bonchev–Trinajstić information content (AvgIpc) is 2.88. The van der Waals surface area contributed by atoms with Gasteiger partial charge in [-0.25, -0.2) is 0 Å². The number of nitro groups is 1. The molecule has 8 nitrogen and oxygen atoms in total. The summed E-state index contributed by atoms with van der Waals surface area (Å²) >= 11 is 0. The van der Waals surface area contributed by atoms with Crippen LogP contribution in [0.4, 0.5) is 11.6 Å². The van der Waals surface area contributed by atoms with Gasteiger partial charge in [0.1, 0.15) is 0 Å². The van der Waals surface area contributed by atoms with Crippen LogP contribution in [0.3, 0.4) is 0 Å². The number of rotatable bonds is 8. The molecule has 0 unspecified atom stereocenters. The summed E-state index contributed by atoms with van der Waals surface area (Å²) in [5.41, 5.74) is 0.530. The Morgan fingerprint density at radius 1 is 1.41 bits per heavy atom. The Morgan fingerprint density at radius 3 is 2.95 bits per heavy atom. The number of ether oxygens (including phenoxy) is 1. The molecule has 2 rings (SSSR count). The number of anilines is 1. The van der Waals surface area contributed by atoms with E-state index in [9.17, 15) is 14.9 Å². The summed E-state index contributed by atoms with van der Waals surface area (Å²) in [6.07, 6.45) is 4.37. The van der Waals surface area contributed by atoms with Crippen molar-refractivity contribution in [2.75, 3.05) is 19.0 Å². The van der Waals surface area contributed by atoms with Gasteiger partial charge in [0.15, 0.2) is 0 Å². The van der Waals surface area contributed by atoms with Crippen LogP contribution >= 0.6 is 0 Å². The van der Waals surface area contributed by atoms with Crippen LogP contribution in [-0.2, 0) is 9.53 Å². The number of hydrogen-bond donors (Lipinski definition) is 1. The van der Waals surface area contributed by atoms with Gasteiger partial charge in [0.2, 0.25) is 11.5 Å². The Balaban J connectivity index is 1.90. The van der Waals surface area contributed by atoms with E-state index < -0.39 is 4.92 Å². The van der Waals surface area contributed by atoms with E-state index in [-0.39, 0.29) is 17.6 Å². The molecule has 0 amide bonds. The van der Waals surface area contributed by atoms with Gasteiger partial charge in [-0.3, -0.25) is 4.79 Å². The molecule has 0 aliphatic rings. The highest BCUT2D eigenvalue weighted by Gasteiger charge is 2.21. The predicted octanol–water partition coefficient (Wildman–Crippen LogP) is 2.39. The zero-order valence-electron chi connectivity index (χ0n) is 12.3. The number of unbranched alkanes of at least 4 members (excludes halogenated alkanes) is 2. The minimum Gasteiger partial charge on any atom is -0.469 e. The molecule has 118 valence electrons. The molecule has 0 radical (unpaired) electrons. The molecule has 0 saturated carbocycles. The zero-order valence-corrected chi connectivity index (χ0v) is 12.3. The average molecular weight is 306 g/mol. The predicted molar refractivity (Wildman–Crippen MR) is 80.8 cm³/mol. The van der Waals surface area contributed by atoms with E-state index in [0.29, 0.717) is 18.6 Å². The largest absolute Gasteiger partial charge is 0.469 e. The van der Waals surface area contributed by atoms with E-state index in [1.165, 1.54) is 11.5 Å². The molecule has 22 heavy (non-hydrogen) atoms. The lowest BCUT2D eigenvalue weighted by Crippen LogP contribution is -2.05. The van der Waals surface area contributed by atoms with Crippen molar-refractivity contribution in [3.63, 3.8) is 0 Å². The number of carbonyl (C=O) groups is 1. The van der Waals surface area contributed by atoms with Gasteiger partial charge in [0.25, 0.3) is 0 Å². The van der Waals surface area contributed by atoms with Crippen LogP contribution in [0.2, 0.25) is 0 Å². The monoisotopic (exact) mass is 306 g/mol. The first-order chi connectivity index (χ1) is 10.6. The highest BCUT2D eigenvalue weighted by atomic mass is 16.6. The summed E-state index contributed by atoms with van der Waals surface area (Å²) in [5, 5.41) is 14.2. The second-order valence-electron chi connectivity index (χ2n) is 4.78. The van der Waals surface area contributed by atoms with Crippen molar-refractivity contribution in [1.29, 1.82) is 0 Å². The van der Waals surface area contributed by atoms with Crippen LogP contribution in [-0.4, -0.2) is 33.9 Å². The summed E-state index contributed by atoms with van der Waals surface area (Å²) in [6.45, 7) is 0.561. The van der Waals surface area contributed by atoms with E-state index in [1.54, 1.807) is 24.4 Å². The minimum atomic E-state index is -0.445. The highest BCUT2D eigenvalue weighted by Crippen LogP contribution is 2.25. The molecule has 0 aliphatic heterocycles. The molecule has 0 spiro atoms. The molecule has 1 N–H and O–H groups in total. The van der Waals surface area contributed by atoms with Crippen LogP contribution in [0.25, 0.3) is 5.65 Å². The van der Waals surface area contributed by atoms with Gasteiger partial charge in [-0.05, 0) is 23.8 Å². The lowest BCUT2D eigenvalue weighted by atomic mass is 10.2. The van der Waals surface area contributed by atoms with Crippen molar-refractivity contribution in [3.8, 4) is 0 Å². The maximum Gasteiger partial charge on any atom is 0.372 e. The normalized spacial score (nSPS) is 10.6. The van der Waals surface area contributed by atoms with Crippen molar-refractivity contribution in [3.05, 3.63) is 34.5 Å². The van der Waals surface area contributed by atoms with Crippen molar-refractivity contribution in [1.82, 2.24) is 9.38 Å². The number of methoxy groups -OCH3 is 1. The van der Waals surface area contributed by atoms with Gasteiger partial charge in [0, 0.05) is 19.0 Å². The minimum absolute atomic E-state index is 0.0647. The summed E-state index contributed by atoms with van der Waals surface area (Å²) in [5.74, 6) is -0.0155. The number of nitrogens with one attached hydrogen (secondary N) is 1. The van der Waals surface area contributed by atoms with E-state index >= 15 is 0 Å². The first-order valence-electron chi connectivity index (χ1n) is 7.05. The standard InChI is InChI=1S/C14H18N4O4/c1-22-12(19)8-3-2-5-9-15-13-14(18(20)21)17-10-6-4-7-11(17)16-13/h4,6-7,10,15H,2-3,5,8-9H2,1H3. The molecule has 0 aliphatic carbocycles. The topological polar surface area (TPSA) is 98.8 Å². The van der Waals surface area contributed by atoms with Crippen LogP contribution in [0.5, 0.6) is 0 Å². The molecule has 8 heteroatoms. The number of nitrogens with zero attached hydrogens (tertiary/aromatic N) is 3. The SMILES string of the molecule is COC(=O)CCCCCNc1nc2ccccn2c1[N+](=O)[O-]. The fourth-order valence-electron chi connectivity index (χ4n) is 2.16. The number of fused-ring (bicyclic) bond motifs is 1. The zero-order chi connectivity index (χ0) is 15.9. The number of aromatic nitrogens is 2. The van der Waals surface area contributed by atoms with E-state index in [0.717, 1.165) is 19.3 Å². The summed E-state index contributed by atoms with van der Waals surface area (Å²) < 4.78 is 6.00. The number of carbonyl (C=O) groups excluding carboxylic acids is 1. The Labute approximate surface area is 127 Å². The smallest absolute Gasteiger partial charge is 0.372 e. The first-order valence-corrected chi connectivity index (χ1v) is 7.05. The van der Waals surface area contributed by atoms with Gasteiger partial charge in [-0.2, -0.15) is 9.38 Å². The number of esters is 1. The number of imidazole rings is 1. The molecule has 0 fully saturated rings. The Bertz CT molecular complexity index is 668. The number of pyridine rings is 1. The quantitative estimate of drug-likeness (QED) is 0.348. The summed E-state index contributed by atoms with van der Waals surface area (Å²) in [6, 6.07) is 5.22. The van der Waals surface area contributed by atoms with Crippen molar-refractivity contribution in [2.24, 2.45) is 0 Å². The van der Waals surface area contributed by atoms with Crippen molar-refractivity contribution < 1.29 is 14.5 Å². The van der Waals surface area contributed by atoms with Crippen LogP contribution in [0.15, 0.2) is 24.4 Å². The molecule has 2 aromatic rings. The first kappa shape index (κ1) is 15.7.